The third kappa shape index (κ3) is 5.32. The van der Waals surface area contributed by atoms with Crippen LogP contribution in [0.4, 0.5) is 0 Å². The third-order valence-electron chi connectivity index (χ3n) is 6.33. The van der Waals surface area contributed by atoms with Gasteiger partial charge in [-0.3, -0.25) is 19.2 Å². The number of methoxy groups -OCH3 is 2. The summed E-state index contributed by atoms with van der Waals surface area (Å²) in [6.07, 6.45) is 0.307. The lowest BCUT2D eigenvalue weighted by Gasteiger charge is -2.31. The highest BCUT2D eigenvalue weighted by molar-refractivity contribution is 6.00. The summed E-state index contributed by atoms with van der Waals surface area (Å²) in [6.45, 7) is 5.88. The minimum absolute atomic E-state index is 0.00940. The van der Waals surface area contributed by atoms with Gasteiger partial charge in [-0.25, -0.2) is 0 Å². The molecular formula is C24H33N3O7. The molecule has 2 saturated heterocycles. The molecule has 2 aliphatic rings. The number of cyclic esters (lactones) is 1. The predicted octanol–water partition coefficient (Wildman–Crippen LogP) is 1.15. The first kappa shape index (κ1) is 25.5. The highest BCUT2D eigenvalue weighted by atomic mass is 16.7. The Bertz CT molecular complexity index is 948. The number of hydrogen-bond donors (Lipinski definition) is 2. The van der Waals surface area contributed by atoms with Crippen LogP contribution in [-0.2, 0) is 23.9 Å². The van der Waals surface area contributed by atoms with Crippen LogP contribution >= 0.6 is 0 Å². The van der Waals surface area contributed by atoms with Crippen molar-refractivity contribution in [1.29, 1.82) is 0 Å². The molecule has 0 aliphatic carbocycles. The van der Waals surface area contributed by atoms with E-state index in [1.54, 1.807) is 25.1 Å². The normalized spacial score (nSPS) is 22.9. The van der Waals surface area contributed by atoms with Gasteiger partial charge in [0.05, 0.1) is 13.5 Å². The standard InChI is InChI=1S/C24H33N3O7/c1-13(2)20(26-21(29)15-8-6-10-18(32-4)14(15)3)23(31)27-11-7-9-17(27)22(30)25-16-12-19(28)34-24(16)33-5/h6,8,10,13,16-17,20,24H,7,9,11-12H2,1-5H3,(H,25,30)(H,26,29)/t16-,17-,20-,24+/m0/s1. The van der Waals surface area contributed by atoms with Crippen LogP contribution in [0.2, 0.25) is 0 Å². The summed E-state index contributed by atoms with van der Waals surface area (Å²) in [5.74, 6) is -1.14. The summed E-state index contributed by atoms with van der Waals surface area (Å²) in [7, 11) is 2.93. The maximum atomic E-state index is 13.5. The summed E-state index contributed by atoms with van der Waals surface area (Å²) in [5, 5.41) is 5.64. The Morgan fingerprint density at radius 2 is 1.94 bits per heavy atom. The number of carbonyl (C=O) groups excluding carboxylic acids is 4. The van der Waals surface area contributed by atoms with Gasteiger partial charge in [0, 0.05) is 24.8 Å². The van der Waals surface area contributed by atoms with Gasteiger partial charge in [0.15, 0.2) is 0 Å². The van der Waals surface area contributed by atoms with Gasteiger partial charge in [0.1, 0.15) is 23.9 Å². The molecule has 0 radical (unpaired) electrons. The lowest BCUT2D eigenvalue weighted by Crippen LogP contribution is -2.56. The molecule has 3 rings (SSSR count). The van der Waals surface area contributed by atoms with E-state index in [9.17, 15) is 19.2 Å². The number of carbonyl (C=O) groups is 4. The Labute approximate surface area is 199 Å². The number of ether oxygens (including phenoxy) is 3. The van der Waals surface area contributed by atoms with Gasteiger partial charge < -0.3 is 29.7 Å². The van der Waals surface area contributed by atoms with Crippen molar-refractivity contribution in [2.75, 3.05) is 20.8 Å². The van der Waals surface area contributed by atoms with Crippen molar-refractivity contribution in [2.24, 2.45) is 5.92 Å². The first-order valence-electron chi connectivity index (χ1n) is 11.5. The molecule has 34 heavy (non-hydrogen) atoms. The number of nitrogens with one attached hydrogen (secondary N) is 2. The van der Waals surface area contributed by atoms with Gasteiger partial charge in [-0.05, 0) is 37.8 Å². The molecule has 4 atom stereocenters. The molecule has 2 fully saturated rings. The van der Waals surface area contributed by atoms with E-state index in [4.69, 9.17) is 14.2 Å². The molecule has 0 spiro atoms. The Hall–Kier alpha value is -3.14. The molecular weight excluding hydrogens is 442 g/mol. The second-order valence-electron chi connectivity index (χ2n) is 8.93. The minimum Gasteiger partial charge on any atom is -0.496 e. The second-order valence-corrected chi connectivity index (χ2v) is 8.93. The van der Waals surface area contributed by atoms with E-state index in [2.05, 4.69) is 10.6 Å². The molecule has 2 heterocycles. The molecule has 10 heteroatoms. The maximum Gasteiger partial charge on any atom is 0.310 e. The SMILES string of the molecule is COc1cccc(C(=O)N[C@H](C(=O)N2CCC[C@H]2C(=O)N[C@H]2CC(=O)O[C@H]2OC)C(C)C)c1C. The highest BCUT2D eigenvalue weighted by Crippen LogP contribution is 2.24. The zero-order valence-corrected chi connectivity index (χ0v) is 20.3. The molecule has 0 aromatic heterocycles. The van der Waals surface area contributed by atoms with E-state index in [-0.39, 0.29) is 30.1 Å². The van der Waals surface area contributed by atoms with E-state index in [0.717, 1.165) is 0 Å². The van der Waals surface area contributed by atoms with E-state index < -0.39 is 30.4 Å². The van der Waals surface area contributed by atoms with E-state index in [0.29, 0.717) is 36.3 Å². The van der Waals surface area contributed by atoms with Gasteiger partial charge in [-0.2, -0.15) is 0 Å². The van der Waals surface area contributed by atoms with Crippen molar-refractivity contribution in [3.8, 4) is 5.75 Å². The molecule has 3 amide bonds. The lowest BCUT2D eigenvalue weighted by molar-refractivity contribution is -0.160. The smallest absolute Gasteiger partial charge is 0.310 e. The summed E-state index contributed by atoms with van der Waals surface area (Å²) < 4.78 is 15.4. The second kappa shape index (κ2) is 10.9. The van der Waals surface area contributed by atoms with E-state index in [1.807, 2.05) is 13.8 Å². The molecule has 2 aliphatic heterocycles. The summed E-state index contributed by atoms with van der Waals surface area (Å²) in [5.41, 5.74) is 1.10. The predicted molar refractivity (Wildman–Crippen MR) is 122 cm³/mol. The van der Waals surface area contributed by atoms with Crippen molar-refractivity contribution in [1.82, 2.24) is 15.5 Å². The van der Waals surface area contributed by atoms with Gasteiger partial charge in [-0.15, -0.1) is 0 Å². The zero-order valence-electron chi connectivity index (χ0n) is 20.3. The fourth-order valence-corrected chi connectivity index (χ4v) is 4.44. The topological polar surface area (TPSA) is 123 Å². The van der Waals surface area contributed by atoms with Crippen molar-refractivity contribution in [3.05, 3.63) is 29.3 Å². The molecule has 0 bridgehead atoms. The van der Waals surface area contributed by atoms with Crippen LogP contribution in [0, 0.1) is 12.8 Å². The average molecular weight is 476 g/mol. The van der Waals surface area contributed by atoms with Crippen LogP contribution < -0.4 is 15.4 Å². The Morgan fingerprint density at radius 1 is 1.21 bits per heavy atom. The average Bonchev–Trinajstić information content (AvgIpc) is 3.43. The summed E-state index contributed by atoms with van der Waals surface area (Å²) in [6, 6.07) is 3.05. The first-order chi connectivity index (χ1) is 16.2. The van der Waals surface area contributed by atoms with E-state index in [1.165, 1.54) is 19.1 Å². The number of likely N-dealkylation sites (tertiary alicyclic amines) is 1. The monoisotopic (exact) mass is 475 g/mol. The van der Waals surface area contributed by atoms with Crippen LogP contribution in [0.25, 0.3) is 0 Å². The van der Waals surface area contributed by atoms with Crippen LogP contribution in [0.3, 0.4) is 0 Å². The molecule has 0 unspecified atom stereocenters. The quantitative estimate of drug-likeness (QED) is 0.541. The van der Waals surface area contributed by atoms with Gasteiger partial charge >= 0.3 is 5.97 Å². The van der Waals surface area contributed by atoms with Crippen LogP contribution in [0.1, 0.15) is 49.0 Å². The van der Waals surface area contributed by atoms with Gasteiger partial charge in [-0.1, -0.05) is 19.9 Å². The summed E-state index contributed by atoms with van der Waals surface area (Å²) >= 11 is 0. The molecule has 1 aromatic rings. The van der Waals surface area contributed by atoms with Gasteiger partial charge in [0.2, 0.25) is 18.1 Å². The van der Waals surface area contributed by atoms with Crippen LogP contribution in [0.5, 0.6) is 5.75 Å². The molecule has 1 aromatic carbocycles. The number of nitrogens with zero attached hydrogens (tertiary/aromatic N) is 1. The third-order valence-corrected chi connectivity index (χ3v) is 6.33. The Balaban J connectivity index is 1.72. The number of rotatable bonds is 8. The van der Waals surface area contributed by atoms with Gasteiger partial charge in [0.25, 0.3) is 5.91 Å². The van der Waals surface area contributed by atoms with Crippen LogP contribution in [-0.4, -0.2) is 73.8 Å². The molecule has 2 N–H and O–H groups in total. The lowest BCUT2D eigenvalue weighted by atomic mass is 10.0. The minimum atomic E-state index is -0.851. The number of hydrogen-bond acceptors (Lipinski definition) is 7. The van der Waals surface area contributed by atoms with Crippen molar-refractivity contribution in [2.45, 2.75) is 64.4 Å². The highest BCUT2D eigenvalue weighted by Gasteiger charge is 2.42. The fourth-order valence-electron chi connectivity index (χ4n) is 4.44. The fraction of sp³-hybridized carbons (Fsp3) is 0.583. The molecule has 186 valence electrons. The molecule has 0 saturated carbocycles. The van der Waals surface area contributed by atoms with Crippen molar-refractivity contribution >= 4 is 23.7 Å². The number of amides is 3. The van der Waals surface area contributed by atoms with Crippen molar-refractivity contribution < 1.29 is 33.4 Å². The first-order valence-corrected chi connectivity index (χ1v) is 11.5. The Kier molecular flexibility index (Phi) is 8.14. The van der Waals surface area contributed by atoms with E-state index >= 15 is 0 Å². The number of benzene rings is 1. The zero-order chi connectivity index (χ0) is 25.0. The van der Waals surface area contributed by atoms with Crippen molar-refractivity contribution in [3.63, 3.8) is 0 Å². The maximum absolute atomic E-state index is 13.5. The number of esters is 1. The Morgan fingerprint density at radius 3 is 2.59 bits per heavy atom. The summed E-state index contributed by atoms with van der Waals surface area (Å²) in [4.78, 5) is 52.6. The molecule has 10 nitrogen and oxygen atoms in total. The van der Waals surface area contributed by atoms with Crippen LogP contribution in [0.15, 0.2) is 18.2 Å². The largest absolute Gasteiger partial charge is 0.496 e.